The second kappa shape index (κ2) is 8.48. The van der Waals surface area contributed by atoms with Crippen molar-refractivity contribution in [1.82, 2.24) is 15.0 Å². The number of rotatable bonds is 4. The van der Waals surface area contributed by atoms with Gasteiger partial charge < -0.3 is 5.73 Å². The Hall–Kier alpha value is -2.87. The quantitative estimate of drug-likeness (QED) is 0.278. The first-order chi connectivity index (χ1) is 16.2. The fourth-order valence-corrected chi connectivity index (χ4v) is 7.49. The van der Waals surface area contributed by atoms with Gasteiger partial charge in [0.25, 0.3) is 0 Å². The summed E-state index contributed by atoms with van der Waals surface area (Å²) in [4.78, 5) is 20.4. The Morgan fingerprint density at radius 1 is 0.788 bits per heavy atom. The van der Waals surface area contributed by atoms with Gasteiger partial charge in [-0.2, -0.15) is 0 Å². The number of hydrogen-bond acceptors (Lipinski definition) is 7. The summed E-state index contributed by atoms with van der Waals surface area (Å²) in [5, 5.41) is 2.15. The van der Waals surface area contributed by atoms with Crippen molar-refractivity contribution < 1.29 is 0 Å². The monoisotopic (exact) mass is 484 g/mol. The summed E-state index contributed by atoms with van der Waals surface area (Å²) in [6, 6.07) is 21.4. The van der Waals surface area contributed by atoms with E-state index in [1.807, 2.05) is 35.7 Å². The summed E-state index contributed by atoms with van der Waals surface area (Å²) in [5.74, 6) is 0.308. The number of nitrogens with zero attached hydrogens (tertiary/aromatic N) is 3. The molecule has 0 unspecified atom stereocenters. The van der Waals surface area contributed by atoms with Crippen LogP contribution < -0.4 is 5.73 Å². The Balaban J connectivity index is 1.48. The first-order valence-corrected chi connectivity index (χ1v) is 13.3. The maximum absolute atomic E-state index is 5.93. The van der Waals surface area contributed by atoms with E-state index in [0.29, 0.717) is 5.95 Å². The van der Waals surface area contributed by atoms with Gasteiger partial charge in [0.15, 0.2) is 0 Å². The highest BCUT2D eigenvalue weighted by atomic mass is 32.2. The molecule has 0 fully saturated rings. The molecular formula is C26H20N4S3. The second-order valence-electron chi connectivity index (χ2n) is 7.79. The van der Waals surface area contributed by atoms with Crippen molar-refractivity contribution in [2.24, 2.45) is 0 Å². The van der Waals surface area contributed by atoms with Crippen LogP contribution in [0.4, 0.5) is 5.95 Å². The standard InChI is InChI=1S/C26H20N4S3/c1-2-6-18-23-19(30-26(27)29-18)12-11-17(28-23)15-13-14-31-24(15)16-7-5-10-22-25(16)33-21-9-4-3-8-20(21)32-22/h3-5,7-14H,2,6H2,1H3,(H2,27,29,30). The summed E-state index contributed by atoms with van der Waals surface area (Å²) < 4.78 is 0. The lowest BCUT2D eigenvalue weighted by Gasteiger charge is -2.21. The highest BCUT2D eigenvalue weighted by Crippen LogP contribution is 2.53. The van der Waals surface area contributed by atoms with E-state index in [0.717, 1.165) is 40.8 Å². The first kappa shape index (κ1) is 20.7. The lowest BCUT2D eigenvalue weighted by molar-refractivity contribution is 0.885. The van der Waals surface area contributed by atoms with Gasteiger partial charge in [-0.05, 0) is 48.2 Å². The highest BCUT2D eigenvalue weighted by Gasteiger charge is 2.22. The number of nitrogens with two attached hydrogens (primary N) is 1. The normalized spacial score (nSPS) is 12.5. The van der Waals surface area contributed by atoms with Crippen molar-refractivity contribution in [3.8, 4) is 21.7 Å². The molecule has 2 N–H and O–H groups in total. The zero-order valence-corrected chi connectivity index (χ0v) is 20.4. The van der Waals surface area contributed by atoms with Crippen molar-refractivity contribution in [3.63, 3.8) is 0 Å². The molecule has 0 amide bonds. The molecule has 0 saturated heterocycles. The molecule has 7 heteroatoms. The number of thiophene rings is 1. The molecule has 1 aliphatic rings. The topological polar surface area (TPSA) is 64.7 Å². The van der Waals surface area contributed by atoms with Gasteiger partial charge in [-0.15, -0.1) is 11.3 Å². The molecule has 4 heterocycles. The Kier molecular flexibility index (Phi) is 5.32. The molecule has 0 atom stereocenters. The van der Waals surface area contributed by atoms with Crippen LogP contribution in [-0.4, -0.2) is 15.0 Å². The second-order valence-corrected chi connectivity index (χ2v) is 10.8. The van der Waals surface area contributed by atoms with Gasteiger partial charge >= 0.3 is 0 Å². The Bertz CT molecular complexity index is 1510. The number of hydrogen-bond donors (Lipinski definition) is 1. The number of aromatic nitrogens is 3. The van der Waals surface area contributed by atoms with E-state index in [2.05, 4.69) is 70.8 Å². The van der Waals surface area contributed by atoms with Crippen LogP contribution >= 0.6 is 34.9 Å². The average Bonchev–Trinajstić information content (AvgIpc) is 3.32. The SMILES string of the molecule is CCCc1nc(N)nc2ccc(-c3ccsc3-c3cccc4c3Sc3ccccc3S4)nc12. The van der Waals surface area contributed by atoms with E-state index in [1.54, 1.807) is 11.3 Å². The minimum Gasteiger partial charge on any atom is -0.368 e. The molecule has 0 bridgehead atoms. The van der Waals surface area contributed by atoms with Crippen LogP contribution in [0, 0.1) is 0 Å². The molecule has 5 aromatic rings. The Morgan fingerprint density at radius 2 is 1.61 bits per heavy atom. The van der Waals surface area contributed by atoms with E-state index in [-0.39, 0.29) is 0 Å². The van der Waals surface area contributed by atoms with Gasteiger partial charge in [0.2, 0.25) is 5.95 Å². The molecule has 3 aromatic heterocycles. The van der Waals surface area contributed by atoms with E-state index in [1.165, 1.54) is 30.0 Å². The van der Waals surface area contributed by atoms with Crippen LogP contribution in [0.25, 0.3) is 32.7 Å². The van der Waals surface area contributed by atoms with Crippen molar-refractivity contribution in [3.05, 3.63) is 71.7 Å². The summed E-state index contributed by atoms with van der Waals surface area (Å²) >= 11 is 5.46. The van der Waals surface area contributed by atoms with Crippen molar-refractivity contribution in [2.45, 2.75) is 39.3 Å². The predicted octanol–water partition coefficient (Wildman–Crippen LogP) is 7.57. The smallest absolute Gasteiger partial charge is 0.220 e. The summed E-state index contributed by atoms with van der Waals surface area (Å²) in [5.41, 5.74) is 11.8. The Labute approximate surface area is 204 Å². The molecule has 0 saturated carbocycles. The largest absolute Gasteiger partial charge is 0.368 e. The van der Waals surface area contributed by atoms with Crippen LogP contribution in [0.2, 0.25) is 0 Å². The molecule has 162 valence electrons. The molecule has 0 spiro atoms. The summed E-state index contributed by atoms with van der Waals surface area (Å²) in [6.45, 7) is 2.14. The number of benzene rings is 2. The molecule has 0 radical (unpaired) electrons. The van der Waals surface area contributed by atoms with Crippen LogP contribution in [0.15, 0.2) is 85.6 Å². The number of nitrogen functional groups attached to an aromatic ring is 1. The van der Waals surface area contributed by atoms with Crippen LogP contribution in [0.3, 0.4) is 0 Å². The number of fused-ring (bicyclic) bond motifs is 3. The van der Waals surface area contributed by atoms with E-state index >= 15 is 0 Å². The summed E-state index contributed by atoms with van der Waals surface area (Å²) in [7, 11) is 0. The van der Waals surface area contributed by atoms with E-state index < -0.39 is 0 Å². The van der Waals surface area contributed by atoms with Gasteiger partial charge in [0.05, 0.1) is 16.9 Å². The first-order valence-electron chi connectivity index (χ1n) is 10.8. The molecule has 6 rings (SSSR count). The molecule has 0 aliphatic carbocycles. The summed E-state index contributed by atoms with van der Waals surface area (Å²) in [6.07, 6.45) is 1.81. The third-order valence-corrected chi connectivity index (χ3v) is 9.13. The van der Waals surface area contributed by atoms with Crippen LogP contribution in [0.5, 0.6) is 0 Å². The fourth-order valence-electron chi connectivity index (χ4n) is 4.10. The molecular weight excluding hydrogens is 465 g/mol. The number of anilines is 1. The zero-order valence-electron chi connectivity index (χ0n) is 17.9. The van der Waals surface area contributed by atoms with Crippen molar-refractivity contribution >= 4 is 51.8 Å². The van der Waals surface area contributed by atoms with E-state index in [4.69, 9.17) is 10.7 Å². The van der Waals surface area contributed by atoms with Crippen LogP contribution in [-0.2, 0) is 6.42 Å². The van der Waals surface area contributed by atoms with E-state index in [9.17, 15) is 0 Å². The fraction of sp³-hybridized carbons (Fsp3) is 0.115. The maximum atomic E-state index is 5.93. The lowest BCUT2D eigenvalue weighted by Crippen LogP contribution is -2.02. The van der Waals surface area contributed by atoms with Crippen LogP contribution in [0.1, 0.15) is 19.0 Å². The van der Waals surface area contributed by atoms with Crippen molar-refractivity contribution in [1.29, 1.82) is 0 Å². The van der Waals surface area contributed by atoms with Crippen molar-refractivity contribution in [2.75, 3.05) is 5.73 Å². The molecule has 33 heavy (non-hydrogen) atoms. The zero-order chi connectivity index (χ0) is 22.4. The number of aryl methyl sites for hydroxylation is 1. The maximum Gasteiger partial charge on any atom is 0.220 e. The molecule has 1 aliphatic heterocycles. The third kappa shape index (κ3) is 3.70. The van der Waals surface area contributed by atoms with Gasteiger partial charge in [0.1, 0.15) is 5.52 Å². The highest BCUT2D eigenvalue weighted by molar-refractivity contribution is 8.05. The molecule has 4 nitrogen and oxygen atoms in total. The number of pyridine rings is 1. The third-order valence-electron chi connectivity index (χ3n) is 5.56. The minimum atomic E-state index is 0.308. The van der Waals surface area contributed by atoms with Gasteiger partial charge in [-0.25, -0.2) is 15.0 Å². The average molecular weight is 485 g/mol. The minimum absolute atomic E-state index is 0.308. The Morgan fingerprint density at radius 3 is 2.45 bits per heavy atom. The van der Waals surface area contributed by atoms with Gasteiger partial charge in [-0.3, -0.25) is 0 Å². The van der Waals surface area contributed by atoms with Gasteiger partial charge in [-0.1, -0.05) is 61.1 Å². The van der Waals surface area contributed by atoms with Gasteiger partial charge in [0, 0.05) is 35.6 Å². The predicted molar refractivity (Wildman–Crippen MR) is 139 cm³/mol. The molecule has 2 aromatic carbocycles. The lowest BCUT2D eigenvalue weighted by atomic mass is 10.1.